The molecule has 138 valence electrons. The van der Waals surface area contributed by atoms with Crippen LogP contribution < -0.4 is 4.90 Å². The molecule has 6 heteroatoms. The molecule has 4 rings (SSSR count). The van der Waals surface area contributed by atoms with E-state index in [9.17, 15) is 4.79 Å². The van der Waals surface area contributed by atoms with Gasteiger partial charge >= 0.3 is 0 Å². The number of para-hydroxylation sites is 2. The van der Waals surface area contributed by atoms with Gasteiger partial charge < -0.3 is 4.74 Å². The van der Waals surface area contributed by atoms with Crippen molar-refractivity contribution in [3.63, 3.8) is 0 Å². The fourth-order valence-corrected chi connectivity index (χ4v) is 3.99. The summed E-state index contributed by atoms with van der Waals surface area (Å²) in [6.07, 6.45) is 3.73. The number of imidazole rings is 1. The molecule has 1 fully saturated rings. The number of ether oxygens (including phenoxy) is 1. The highest BCUT2D eigenvalue weighted by atomic mass is 16.5. The molecule has 0 saturated carbocycles. The molecule has 1 atom stereocenters. The van der Waals surface area contributed by atoms with Gasteiger partial charge in [-0.1, -0.05) is 32.9 Å². The van der Waals surface area contributed by atoms with Gasteiger partial charge in [0, 0.05) is 13.1 Å². The maximum absolute atomic E-state index is 13.4. The summed E-state index contributed by atoms with van der Waals surface area (Å²) in [6.45, 7) is 9.95. The van der Waals surface area contributed by atoms with E-state index in [-0.39, 0.29) is 17.4 Å². The highest BCUT2D eigenvalue weighted by molar-refractivity contribution is 5.98. The SMILES string of the molecule is CC(C)(C)C1c2cncn2-c2ccccc2N1C(=O)CN1CCOCC1. The van der Waals surface area contributed by atoms with Crippen LogP contribution in [-0.4, -0.2) is 53.2 Å². The van der Waals surface area contributed by atoms with E-state index in [0.717, 1.165) is 30.2 Å². The van der Waals surface area contributed by atoms with E-state index >= 15 is 0 Å². The third kappa shape index (κ3) is 2.93. The Kier molecular flexibility index (Phi) is 4.32. The maximum atomic E-state index is 13.4. The van der Waals surface area contributed by atoms with Gasteiger partial charge in [0.15, 0.2) is 0 Å². The molecule has 0 N–H and O–H groups in total. The van der Waals surface area contributed by atoms with Crippen LogP contribution in [0.15, 0.2) is 36.8 Å². The Hall–Kier alpha value is -2.18. The van der Waals surface area contributed by atoms with Crippen LogP contribution in [0.5, 0.6) is 0 Å². The van der Waals surface area contributed by atoms with Crippen molar-refractivity contribution in [1.82, 2.24) is 14.5 Å². The van der Waals surface area contributed by atoms with Crippen molar-refractivity contribution in [3.05, 3.63) is 42.5 Å². The second kappa shape index (κ2) is 6.52. The van der Waals surface area contributed by atoms with Crippen LogP contribution in [0.4, 0.5) is 5.69 Å². The zero-order valence-electron chi connectivity index (χ0n) is 15.7. The topological polar surface area (TPSA) is 50.6 Å². The largest absolute Gasteiger partial charge is 0.379 e. The molecule has 0 aliphatic carbocycles. The molecule has 26 heavy (non-hydrogen) atoms. The first kappa shape index (κ1) is 17.2. The number of hydrogen-bond donors (Lipinski definition) is 0. The highest BCUT2D eigenvalue weighted by Gasteiger charge is 2.42. The first-order chi connectivity index (χ1) is 12.5. The Bertz CT molecular complexity index is 802. The number of nitrogens with zero attached hydrogens (tertiary/aromatic N) is 4. The molecule has 2 aromatic rings. The van der Waals surface area contributed by atoms with Crippen LogP contribution in [0.25, 0.3) is 5.69 Å². The van der Waals surface area contributed by atoms with Crippen molar-refractivity contribution >= 4 is 11.6 Å². The Morgan fingerprint density at radius 1 is 1.19 bits per heavy atom. The standard InChI is InChI=1S/C20H26N4O2/c1-20(2,3)19-17-12-21-14-23(17)15-6-4-5-7-16(15)24(19)18(25)13-22-8-10-26-11-9-22/h4-7,12,14,19H,8-11,13H2,1-3H3. The summed E-state index contributed by atoms with van der Waals surface area (Å²) in [6, 6.07) is 8.02. The van der Waals surface area contributed by atoms with E-state index < -0.39 is 0 Å². The fourth-order valence-electron chi connectivity index (χ4n) is 3.99. The number of carbonyl (C=O) groups is 1. The third-order valence-electron chi connectivity index (χ3n) is 5.16. The Balaban J connectivity index is 1.76. The van der Waals surface area contributed by atoms with E-state index in [4.69, 9.17) is 4.74 Å². The number of benzene rings is 1. The summed E-state index contributed by atoms with van der Waals surface area (Å²) in [5, 5.41) is 0. The van der Waals surface area contributed by atoms with Crippen LogP contribution >= 0.6 is 0 Å². The number of rotatable bonds is 2. The minimum absolute atomic E-state index is 0.0616. The normalized spacial score (nSPS) is 20.6. The van der Waals surface area contributed by atoms with E-state index in [0.29, 0.717) is 19.8 Å². The lowest BCUT2D eigenvalue weighted by Crippen LogP contribution is -2.50. The molecule has 2 aliphatic rings. The van der Waals surface area contributed by atoms with Crippen LogP contribution in [0.1, 0.15) is 32.5 Å². The van der Waals surface area contributed by atoms with Gasteiger partial charge in [0.1, 0.15) is 0 Å². The van der Waals surface area contributed by atoms with E-state index in [2.05, 4.69) is 41.3 Å². The highest BCUT2D eigenvalue weighted by Crippen LogP contribution is 2.46. The summed E-state index contributed by atoms with van der Waals surface area (Å²) < 4.78 is 7.53. The first-order valence-corrected chi connectivity index (χ1v) is 9.20. The van der Waals surface area contributed by atoms with Crippen molar-refractivity contribution < 1.29 is 9.53 Å². The van der Waals surface area contributed by atoms with Gasteiger partial charge in [0.25, 0.3) is 0 Å². The van der Waals surface area contributed by atoms with Crippen LogP contribution in [0.2, 0.25) is 0 Å². The Morgan fingerprint density at radius 2 is 1.88 bits per heavy atom. The van der Waals surface area contributed by atoms with E-state index in [1.54, 1.807) is 0 Å². The summed E-state index contributed by atoms with van der Waals surface area (Å²) in [7, 11) is 0. The molecule has 6 nitrogen and oxygen atoms in total. The number of carbonyl (C=O) groups excluding carboxylic acids is 1. The smallest absolute Gasteiger partial charge is 0.241 e. The quantitative estimate of drug-likeness (QED) is 0.832. The summed E-state index contributed by atoms with van der Waals surface area (Å²) in [5.74, 6) is 0.131. The Morgan fingerprint density at radius 3 is 2.58 bits per heavy atom. The predicted molar refractivity (Wildman–Crippen MR) is 101 cm³/mol. The molecule has 1 aromatic heterocycles. The molecule has 1 amide bonds. The molecular formula is C20H26N4O2. The fraction of sp³-hybridized carbons (Fsp3) is 0.500. The molecule has 1 aromatic carbocycles. The van der Waals surface area contributed by atoms with Crippen molar-refractivity contribution in [2.45, 2.75) is 26.8 Å². The summed E-state index contributed by atoms with van der Waals surface area (Å²) in [4.78, 5) is 22.0. The molecule has 0 spiro atoms. The van der Waals surface area contributed by atoms with Crippen LogP contribution in [0.3, 0.4) is 0 Å². The average Bonchev–Trinajstić information content (AvgIpc) is 3.10. The minimum atomic E-state index is -0.119. The molecule has 1 saturated heterocycles. The zero-order chi connectivity index (χ0) is 18.3. The van der Waals surface area contributed by atoms with Crippen molar-refractivity contribution in [2.75, 3.05) is 37.7 Å². The van der Waals surface area contributed by atoms with Gasteiger partial charge in [-0.3, -0.25) is 19.2 Å². The molecular weight excluding hydrogens is 328 g/mol. The average molecular weight is 354 g/mol. The number of hydrogen-bond acceptors (Lipinski definition) is 4. The van der Waals surface area contributed by atoms with Gasteiger partial charge in [-0.15, -0.1) is 0 Å². The van der Waals surface area contributed by atoms with Gasteiger partial charge in [0.05, 0.1) is 55.4 Å². The predicted octanol–water partition coefficient (Wildman–Crippen LogP) is 2.64. The van der Waals surface area contributed by atoms with Crippen LogP contribution in [0, 0.1) is 5.41 Å². The molecule has 2 aliphatic heterocycles. The molecule has 3 heterocycles. The third-order valence-corrected chi connectivity index (χ3v) is 5.16. The van der Waals surface area contributed by atoms with Gasteiger partial charge in [-0.2, -0.15) is 0 Å². The number of anilines is 1. The molecule has 0 bridgehead atoms. The lowest BCUT2D eigenvalue weighted by Gasteiger charge is -2.45. The number of amides is 1. The zero-order valence-corrected chi connectivity index (χ0v) is 15.7. The number of aromatic nitrogens is 2. The van der Waals surface area contributed by atoms with Crippen LogP contribution in [-0.2, 0) is 9.53 Å². The summed E-state index contributed by atoms with van der Waals surface area (Å²) in [5.41, 5.74) is 2.91. The summed E-state index contributed by atoms with van der Waals surface area (Å²) >= 11 is 0. The second-order valence-electron chi connectivity index (χ2n) is 8.10. The van der Waals surface area contributed by atoms with Crippen molar-refractivity contribution in [3.8, 4) is 5.69 Å². The first-order valence-electron chi connectivity index (χ1n) is 9.20. The van der Waals surface area contributed by atoms with E-state index in [1.807, 2.05) is 35.6 Å². The lowest BCUT2D eigenvalue weighted by molar-refractivity contribution is -0.121. The van der Waals surface area contributed by atoms with E-state index in [1.165, 1.54) is 0 Å². The maximum Gasteiger partial charge on any atom is 0.241 e. The number of morpholine rings is 1. The monoisotopic (exact) mass is 354 g/mol. The van der Waals surface area contributed by atoms with Gasteiger partial charge in [-0.05, 0) is 17.5 Å². The second-order valence-corrected chi connectivity index (χ2v) is 8.10. The molecule has 1 unspecified atom stereocenters. The molecule has 0 radical (unpaired) electrons. The van der Waals surface area contributed by atoms with Crippen molar-refractivity contribution in [1.29, 1.82) is 0 Å². The minimum Gasteiger partial charge on any atom is -0.379 e. The van der Waals surface area contributed by atoms with Gasteiger partial charge in [-0.25, -0.2) is 4.98 Å². The number of fused-ring (bicyclic) bond motifs is 3. The lowest BCUT2D eigenvalue weighted by atomic mass is 9.82. The van der Waals surface area contributed by atoms with Crippen molar-refractivity contribution in [2.24, 2.45) is 5.41 Å². The Labute approximate surface area is 154 Å². The van der Waals surface area contributed by atoms with Gasteiger partial charge in [0.2, 0.25) is 5.91 Å².